The fourth-order valence-corrected chi connectivity index (χ4v) is 3.17. The maximum absolute atomic E-state index is 13.5. The summed E-state index contributed by atoms with van der Waals surface area (Å²) in [5, 5.41) is 0.241. The molecular formula is C19H15F3N2O3. The number of pyridine rings is 2. The Kier molecular flexibility index (Phi) is 4.09. The van der Waals surface area contributed by atoms with Crippen LogP contribution in [0.5, 0.6) is 0 Å². The van der Waals surface area contributed by atoms with Crippen molar-refractivity contribution >= 4 is 28.4 Å². The van der Waals surface area contributed by atoms with Crippen LogP contribution in [0, 0.1) is 17.8 Å². The number of alkyl halides is 3. The molecule has 140 valence electrons. The first-order chi connectivity index (χ1) is 12.8. The molecule has 0 radical (unpaired) electrons. The molecule has 2 heterocycles. The molecule has 2 aliphatic rings. The van der Waals surface area contributed by atoms with Gasteiger partial charge in [0, 0.05) is 23.4 Å². The van der Waals surface area contributed by atoms with Crippen LogP contribution in [-0.2, 0) is 15.8 Å². The number of carbonyl (C=O) groups is 3. The second-order valence-corrected chi connectivity index (χ2v) is 7.08. The number of ketones is 3. The van der Waals surface area contributed by atoms with E-state index in [0.29, 0.717) is 25.7 Å². The van der Waals surface area contributed by atoms with Gasteiger partial charge in [-0.1, -0.05) is 0 Å². The van der Waals surface area contributed by atoms with Crippen LogP contribution in [0.25, 0.3) is 11.0 Å². The van der Waals surface area contributed by atoms with E-state index in [4.69, 9.17) is 0 Å². The Morgan fingerprint density at radius 3 is 2.15 bits per heavy atom. The number of fused-ring (bicyclic) bond motifs is 1. The summed E-state index contributed by atoms with van der Waals surface area (Å²) in [5.41, 5.74) is -2.30. The molecular weight excluding hydrogens is 361 g/mol. The molecule has 2 fully saturated rings. The van der Waals surface area contributed by atoms with Crippen LogP contribution in [0.15, 0.2) is 24.4 Å². The lowest BCUT2D eigenvalue weighted by atomic mass is 9.85. The number of rotatable bonds is 6. The first-order valence-electron chi connectivity index (χ1n) is 8.72. The van der Waals surface area contributed by atoms with E-state index in [-0.39, 0.29) is 11.0 Å². The van der Waals surface area contributed by atoms with Gasteiger partial charge in [0.2, 0.25) is 0 Å². The van der Waals surface area contributed by atoms with Gasteiger partial charge in [0.1, 0.15) is 5.92 Å². The molecule has 2 aromatic heterocycles. The van der Waals surface area contributed by atoms with E-state index < -0.39 is 52.5 Å². The highest BCUT2D eigenvalue weighted by molar-refractivity contribution is 6.26. The highest BCUT2D eigenvalue weighted by Gasteiger charge is 2.49. The van der Waals surface area contributed by atoms with Gasteiger partial charge in [-0.3, -0.25) is 14.4 Å². The number of aromatic nitrogens is 2. The van der Waals surface area contributed by atoms with Crippen LogP contribution in [0.1, 0.15) is 41.7 Å². The Labute approximate surface area is 152 Å². The summed E-state index contributed by atoms with van der Waals surface area (Å²) in [5.74, 6) is -4.71. The summed E-state index contributed by atoms with van der Waals surface area (Å²) >= 11 is 0. The van der Waals surface area contributed by atoms with Gasteiger partial charge in [0.05, 0.1) is 5.56 Å². The van der Waals surface area contributed by atoms with Crippen molar-refractivity contribution in [2.24, 2.45) is 17.8 Å². The lowest BCUT2D eigenvalue weighted by Crippen LogP contribution is -2.35. The van der Waals surface area contributed by atoms with Gasteiger partial charge in [-0.15, -0.1) is 0 Å². The Bertz CT molecular complexity index is 938. The van der Waals surface area contributed by atoms with Gasteiger partial charge in [-0.25, -0.2) is 9.97 Å². The van der Waals surface area contributed by atoms with Crippen molar-refractivity contribution in [2.75, 3.05) is 0 Å². The first kappa shape index (κ1) is 17.8. The summed E-state index contributed by atoms with van der Waals surface area (Å²) < 4.78 is 40.6. The third kappa shape index (κ3) is 3.36. The van der Waals surface area contributed by atoms with Crippen molar-refractivity contribution in [1.82, 2.24) is 9.97 Å². The summed E-state index contributed by atoms with van der Waals surface area (Å²) in [6.45, 7) is 0. The van der Waals surface area contributed by atoms with Crippen molar-refractivity contribution < 1.29 is 27.6 Å². The second kappa shape index (κ2) is 6.21. The van der Waals surface area contributed by atoms with Gasteiger partial charge in [0.25, 0.3) is 0 Å². The third-order valence-electron chi connectivity index (χ3n) is 4.91. The van der Waals surface area contributed by atoms with Crippen LogP contribution in [0.2, 0.25) is 0 Å². The Hall–Kier alpha value is -2.64. The van der Waals surface area contributed by atoms with E-state index in [1.807, 2.05) is 0 Å². The molecule has 0 N–H and O–H groups in total. The quantitative estimate of drug-likeness (QED) is 0.570. The minimum atomic E-state index is -4.91. The van der Waals surface area contributed by atoms with Crippen LogP contribution in [0.4, 0.5) is 13.2 Å². The fraction of sp³-hybridized carbons (Fsp3) is 0.421. The van der Waals surface area contributed by atoms with Crippen LogP contribution < -0.4 is 0 Å². The zero-order chi connectivity index (χ0) is 19.3. The molecule has 27 heavy (non-hydrogen) atoms. The van der Waals surface area contributed by atoms with Crippen LogP contribution in [0.3, 0.4) is 0 Å². The number of nitrogens with zero attached hydrogens (tertiary/aromatic N) is 2. The molecule has 2 aliphatic carbocycles. The van der Waals surface area contributed by atoms with E-state index in [1.54, 1.807) is 0 Å². The Morgan fingerprint density at radius 2 is 1.63 bits per heavy atom. The van der Waals surface area contributed by atoms with Crippen molar-refractivity contribution in [3.05, 3.63) is 35.7 Å². The standard InChI is InChI=1S/C19H15F3N2O3/c20-19(21,22)17-12(8-11-2-1-7-23-18(11)24-17)16(27)13(14(25)9-3-4-9)15(26)10-5-6-10/h1-2,7-10,13H,3-6H2. The van der Waals surface area contributed by atoms with Crippen molar-refractivity contribution in [1.29, 1.82) is 0 Å². The molecule has 0 bridgehead atoms. The topological polar surface area (TPSA) is 77.0 Å². The number of carbonyl (C=O) groups excluding carboxylic acids is 3. The number of hydrogen-bond acceptors (Lipinski definition) is 5. The van der Waals surface area contributed by atoms with E-state index in [9.17, 15) is 27.6 Å². The van der Waals surface area contributed by atoms with Gasteiger partial charge < -0.3 is 0 Å². The monoisotopic (exact) mass is 376 g/mol. The Morgan fingerprint density at radius 1 is 1.04 bits per heavy atom. The lowest BCUT2D eigenvalue weighted by molar-refractivity contribution is -0.142. The van der Waals surface area contributed by atoms with Crippen molar-refractivity contribution in [3.8, 4) is 0 Å². The first-order valence-corrected chi connectivity index (χ1v) is 8.72. The molecule has 0 aromatic carbocycles. The molecule has 5 nitrogen and oxygen atoms in total. The van der Waals surface area contributed by atoms with E-state index in [0.717, 1.165) is 6.07 Å². The molecule has 0 saturated heterocycles. The number of halogens is 3. The summed E-state index contributed by atoms with van der Waals surface area (Å²) in [6.07, 6.45) is -1.36. The summed E-state index contributed by atoms with van der Waals surface area (Å²) in [6, 6.07) is 4.02. The van der Waals surface area contributed by atoms with Gasteiger partial charge in [0.15, 0.2) is 28.7 Å². The van der Waals surface area contributed by atoms with E-state index in [1.165, 1.54) is 18.3 Å². The number of Topliss-reactive ketones (excluding diaryl/α,β-unsaturated/α-hetero) is 3. The van der Waals surface area contributed by atoms with Crippen molar-refractivity contribution in [2.45, 2.75) is 31.9 Å². The lowest BCUT2D eigenvalue weighted by Gasteiger charge is -2.17. The average molecular weight is 376 g/mol. The smallest absolute Gasteiger partial charge is 0.298 e. The van der Waals surface area contributed by atoms with E-state index >= 15 is 0 Å². The predicted molar refractivity (Wildman–Crippen MR) is 87.8 cm³/mol. The molecule has 8 heteroatoms. The molecule has 0 spiro atoms. The Balaban J connectivity index is 1.83. The molecule has 0 amide bonds. The third-order valence-corrected chi connectivity index (χ3v) is 4.91. The summed E-state index contributed by atoms with van der Waals surface area (Å²) in [7, 11) is 0. The predicted octanol–water partition coefficient (Wildman–Crippen LogP) is 3.41. The zero-order valence-corrected chi connectivity index (χ0v) is 14.1. The minimum absolute atomic E-state index is 0.153. The number of hydrogen-bond donors (Lipinski definition) is 0. The largest absolute Gasteiger partial charge is 0.434 e. The highest BCUT2D eigenvalue weighted by atomic mass is 19.4. The molecule has 4 rings (SSSR count). The average Bonchev–Trinajstić information content (AvgIpc) is 3.51. The van der Waals surface area contributed by atoms with E-state index in [2.05, 4.69) is 9.97 Å². The van der Waals surface area contributed by atoms with Gasteiger partial charge in [-0.05, 0) is 43.9 Å². The van der Waals surface area contributed by atoms with Gasteiger partial charge >= 0.3 is 6.18 Å². The minimum Gasteiger partial charge on any atom is -0.298 e. The van der Waals surface area contributed by atoms with Crippen LogP contribution in [-0.4, -0.2) is 27.3 Å². The highest BCUT2D eigenvalue weighted by Crippen LogP contribution is 2.40. The van der Waals surface area contributed by atoms with Crippen molar-refractivity contribution in [3.63, 3.8) is 0 Å². The zero-order valence-electron chi connectivity index (χ0n) is 14.1. The maximum atomic E-state index is 13.5. The summed E-state index contributed by atoms with van der Waals surface area (Å²) in [4.78, 5) is 45.4. The molecule has 0 unspecified atom stereocenters. The molecule has 2 saturated carbocycles. The fourth-order valence-electron chi connectivity index (χ4n) is 3.17. The molecule has 2 aromatic rings. The molecule has 0 aliphatic heterocycles. The SMILES string of the molecule is O=C(c1cc2cccnc2nc1C(F)(F)F)C(C(=O)C1CC1)C(=O)C1CC1. The maximum Gasteiger partial charge on any atom is 0.434 e. The molecule has 0 atom stereocenters. The second-order valence-electron chi connectivity index (χ2n) is 7.08. The van der Waals surface area contributed by atoms with Gasteiger partial charge in [-0.2, -0.15) is 13.2 Å². The van der Waals surface area contributed by atoms with Crippen LogP contribution >= 0.6 is 0 Å². The normalized spacial score (nSPS) is 17.3.